The fourth-order valence-corrected chi connectivity index (χ4v) is 3.15. The van der Waals surface area contributed by atoms with Gasteiger partial charge in [-0.2, -0.15) is 0 Å². The maximum absolute atomic E-state index is 5.80. The number of nitrogens with zero attached hydrogens (tertiary/aromatic N) is 1. The number of ether oxygens (including phenoxy) is 1. The first kappa shape index (κ1) is 16.3. The van der Waals surface area contributed by atoms with Crippen LogP contribution in [0, 0.1) is 0 Å². The minimum absolute atomic E-state index is 0.340. The molecule has 1 aliphatic rings. The van der Waals surface area contributed by atoms with Gasteiger partial charge in [0.2, 0.25) is 0 Å². The molecule has 1 unspecified atom stereocenters. The highest BCUT2D eigenvalue weighted by atomic mass is 16.5. The van der Waals surface area contributed by atoms with Gasteiger partial charge >= 0.3 is 0 Å². The van der Waals surface area contributed by atoms with E-state index in [2.05, 4.69) is 41.5 Å². The third-order valence-electron chi connectivity index (χ3n) is 4.33. The quantitative estimate of drug-likeness (QED) is 0.866. The van der Waals surface area contributed by atoms with E-state index in [1.165, 1.54) is 50.8 Å². The summed E-state index contributed by atoms with van der Waals surface area (Å²) >= 11 is 0. The number of hydrogen-bond acceptors (Lipinski definition) is 3. The van der Waals surface area contributed by atoms with Crippen LogP contribution in [0.1, 0.15) is 50.6 Å². The number of hydrogen-bond donors (Lipinski definition) is 1. The number of nitrogens with one attached hydrogen (secondary N) is 1. The summed E-state index contributed by atoms with van der Waals surface area (Å²) in [5, 5.41) is 3.48. The Kier molecular flexibility index (Phi) is 7.04. The van der Waals surface area contributed by atoms with Crippen molar-refractivity contribution >= 4 is 0 Å². The second kappa shape index (κ2) is 9.06. The summed E-state index contributed by atoms with van der Waals surface area (Å²) in [6.07, 6.45) is 6.86. The molecule has 1 heterocycles. The summed E-state index contributed by atoms with van der Waals surface area (Å²) in [7, 11) is 2.05. The molecule has 0 aliphatic carbocycles. The molecular formula is C18H30N2O. The largest absolute Gasteiger partial charge is 0.494 e. The van der Waals surface area contributed by atoms with Crippen LogP contribution >= 0.6 is 0 Å². The van der Waals surface area contributed by atoms with Crippen molar-refractivity contribution in [1.29, 1.82) is 0 Å². The molecule has 0 saturated carbocycles. The van der Waals surface area contributed by atoms with E-state index in [0.717, 1.165) is 18.9 Å². The minimum Gasteiger partial charge on any atom is -0.494 e. The standard InChI is InChI=1S/C18H30N2O/c1-3-21-18-12-8-7-11-16(18)17(19-2)15-20-13-9-5-4-6-10-14-20/h7-8,11-12,17,19H,3-6,9-10,13-15H2,1-2H3. The van der Waals surface area contributed by atoms with Crippen LogP contribution < -0.4 is 10.1 Å². The minimum atomic E-state index is 0.340. The molecule has 118 valence electrons. The first-order chi connectivity index (χ1) is 10.3. The Balaban J connectivity index is 2.04. The Bertz CT molecular complexity index is 400. The van der Waals surface area contributed by atoms with Gasteiger partial charge in [-0.1, -0.05) is 37.5 Å². The topological polar surface area (TPSA) is 24.5 Å². The SMILES string of the molecule is CCOc1ccccc1C(CN1CCCCCCC1)NC. The third-order valence-corrected chi connectivity index (χ3v) is 4.33. The molecule has 0 spiro atoms. The molecule has 1 N–H and O–H groups in total. The van der Waals surface area contributed by atoms with Crippen LogP contribution in [0.25, 0.3) is 0 Å². The molecule has 1 saturated heterocycles. The monoisotopic (exact) mass is 290 g/mol. The summed E-state index contributed by atoms with van der Waals surface area (Å²) in [4.78, 5) is 2.61. The van der Waals surface area contributed by atoms with Crippen molar-refractivity contribution < 1.29 is 4.74 Å². The van der Waals surface area contributed by atoms with Gasteiger partial charge < -0.3 is 15.0 Å². The Morgan fingerprint density at radius 3 is 2.43 bits per heavy atom. The van der Waals surface area contributed by atoms with Crippen LogP contribution in [0.15, 0.2) is 24.3 Å². The molecule has 21 heavy (non-hydrogen) atoms. The van der Waals surface area contributed by atoms with Gasteiger partial charge in [0.15, 0.2) is 0 Å². The molecule has 3 heteroatoms. The van der Waals surface area contributed by atoms with Gasteiger partial charge in [-0.05, 0) is 46.0 Å². The average Bonchev–Trinajstić information content (AvgIpc) is 2.48. The fourth-order valence-electron chi connectivity index (χ4n) is 3.15. The van der Waals surface area contributed by atoms with Crippen molar-refractivity contribution in [2.75, 3.05) is 33.3 Å². The van der Waals surface area contributed by atoms with E-state index in [1.54, 1.807) is 0 Å². The Morgan fingerprint density at radius 1 is 1.10 bits per heavy atom. The van der Waals surface area contributed by atoms with Crippen molar-refractivity contribution in [2.24, 2.45) is 0 Å². The van der Waals surface area contributed by atoms with Crippen LogP contribution in [0.2, 0.25) is 0 Å². The summed E-state index contributed by atoms with van der Waals surface area (Å²) < 4.78 is 5.80. The van der Waals surface area contributed by atoms with E-state index >= 15 is 0 Å². The van der Waals surface area contributed by atoms with Gasteiger partial charge in [-0.15, -0.1) is 0 Å². The lowest BCUT2D eigenvalue weighted by Crippen LogP contribution is -2.36. The summed E-state index contributed by atoms with van der Waals surface area (Å²) in [5.74, 6) is 1.02. The zero-order valence-corrected chi connectivity index (χ0v) is 13.6. The molecule has 1 aliphatic heterocycles. The number of likely N-dealkylation sites (tertiary alicyclic amines) is 1. The molecule has 3 nitrogen and oxygen atoms in total. The van der Waals surface area contributed by atoms with Gasteiger partial charge in [0.25, 0.3) is 0 Å². The molecule has 0 aromatic heterocycles. The van der Waals surface area contributed by atoms with Crippen LogP contribution in [0.5, 0.6) is 5.75 Å². The molecular weight excluding hydrogens is 260 g/mol. The first-order valence-corrected chi connectivity index (χ1v) is 8.46. The summed E-state index contributed by atoms with van der Waals surface area (Å²) in [6.45, 7) is 6.30. The van der Waals surface area contributed by atoms with Crippen molar-refractivity contribution in [3.63, 3.8) is 0 Å². The Hall–Kier alpha value is -1.06. The maximum Gasteiger partial charge on any atom is 0.124 e. The third kappa shape index (κ3) is 5.01. The maximum atomic E-state index is 5.80. The van der Waals surface area contributed by atoms with Crippen LogP contribution in [0.4, 0.5) is 0 Å². The molecule has 1 aromatic carbocycles. The van der Waals surface area contributed by atoms with E-state index in [9.17, 15) is 0 Å². The van der Waals surface area contributed by atoms with Crippen molar-refractivity contribution in [3.8, 4) is 5.75 Å². The molecule has 2 rings (SSSR count). The highest BCUT2D eigenvalue weighted by Gasteiger charge is 2.18. The fraction of sp³-hybridized carbons (Fsp3) is 0.667. The Labute approximate surface area is 129 Å². The first-order valence-electron chi connectivity index (χ1n) is 8.46. The van der Waals surface area contributed by atoms with E-state index in [1.807, 2.05) is 6.92 Å². The molecule has 1 aromatic rings. The van der Waals surface area contributed by atoms with Gasteiger partial charge in [-0.25, -0.2) is 0 Å². The van der Waals surface area contributed by atoms with E-state index in [-0.39, 0.29) is 0 Å². The zero-order valence-electron chi connectivity index (χ0n) is 13.6. The predicted octanol–water partition coefficient (Wildman–Crippen LogP) is 3.61. The number of likely N-dealkylation sites (N-methyl/N-ethyl adjacent to an activating group) is 1. The van der Waals surface area contributed by atoms with Crippen molar-refractivity contribution in [3.05, 3.63) is 29.8 Å². The number of para-hydroxylation sites is 1. The lowest BCUT2D eigenvalue weighted by Gasteiger charge is -2.29. The van der Waals surface area contributed by atoms with Crippen molar-refractivity contribution in [2.45, 2.75) is 45.1 Å². The lowest BCUT2D eigenvalue weighted by molar-refractivity contribution is 0.222. The summed E-state index contributed by atoms with van der Waals surface area (Å²) in [6, 6.07) is 8.77. The van der Waals surface area contributed by atoms with E-state index < -0.39 is 0 Å². The molecule has 0 radical (unpaired) electrons. The van der Waals surface area contributed by atoms with Crippen LogP contribution in [-0.2, 0) is 0 Å². The smallest absolute Gasteiger partial charge is 0.124 e. The highest BCUT2D eigenvalue weighted by molar-refractivity contribution is 5.36. The second-order valence-corrected chi connectivity index (χ2v) is 5.88. The van der Waals surface area contributed by atoms with Gasteiger partial charge in [0.1, 0.15) is 5.75 Å². The molecule has 0 bridgehead atoms. The van der Waals surface area contributed by atoms with Gasteiger partial charge in [-0.3, -0.25) is 0 Å². The zero-order chi connectivity index (χ0) is 14.9. The molecule has 1 fully saturated rings. The Morgan fingerprint density at radius 2 is 1.76 bits per heavy atom. The van der Waals surface area contributed by atoms with Crippen LogP contribution in [-0.4, -0.2) is 38.2 Å². The van der Waals surface area contributed by atoms with Crippen LogP contribution in [0.3, 0.4) is 0 Å². The lowest BCUT2D eigenvalue weighted by atomic mass is 10.0. The average molecular weight is 290 g/mol. The van der Waals surface area contributed by atoms with E-state index in [0.29, 0.717) is 6.04 Å². The molecule has 1 atom stereocenters. The number of benzene rings is 1. The highest BCUT2D eigenvalue weighted by Crippen LogP contribution is 2.26. The summed E-state index contributed by atoms with van der Waals surface area (Å²) in [5.41, 5.74) is 1.28. The van der Waals surface area contributed by atoms with Gasteiger partial charge in [0, 0.05) is 18.2 Å². The van der Waals surface area contributed by atoms with Gasteiger partial charge in [0.05, 0.1) is 6.61 Å². The van der Waals surface area contributed by atoms with E-state index in [4.69, 9.17) is 4.74 Å². The molecule has 0 amide bonds. The predicted molar refractivity (Wildman–Crippen MR) is 88.9 cm³/mol. The normalized spacial score (nSPS) is 18.8. The second-order valence-electron chi connectivity index (χ2n) is 5.88. The number of rotatable bonds is 6. The van der Waals surface area contributed by atoms with Crippen molar-refractivity contribution in [1.82, 2.24) is 10.2 Å².